The van der Waals surface area contributed by atoms with Gasteiger partial charge in [0, 0.05) is 33.6 Å². The Balaban J connectivity index is 1.24. The maximum absolute atomic E-state index is 13.2. The minimum absolute atomic E-state index is 0.222. The Kier molecular flexibility index (Phi) is 6.57. The lowest BCUT2D eigenvalue weighted by atomic mass is 9.92. The van der Waals surface area contributed by atoms with Crippen molar-refractivity contribution in [3.8, 4) is 5.75 Å². The highest BCUT2D eigenvalue weighted by Crippen LogP contribution is 2.40. The Bertz CT molecular complexity index is 1320. The summed E-state index contributed by atoms with van der Waals surface area (Å²) in [5.74, 6) is 0.721. The highest BCUT2D eigenvalue weighted by atomic mass is 35.5. The number of hydrogen-bond acceptors (Lipinski definition) is 5. The summed E-state index contributed by atoms with van der Waals surface area (Å²) in [7, 11) is 0. The second kappa shape index (κ2) is 9.78. The molecule has 1 atom stereocenters. The van der Waals surface area contributed by atoms with Crippen molar-refractivity contribution >= 4 is 28.6 Å². The molecule has 1 aromatic heterocycles. The average Bonchev–Trinajstić information content (AvgIpc) is 3.67. The lowest BCUT2D eigenvalue weighted by Crippen LogP contribution is -2.47. The van der Waals surface area contributed by atoms with Crippen molar-refractivity contribution in [3.63, 3.8) is 0 Å². The number of fused-ring (bicyclic) bond motifs is 3. The van der Waals surface area contributed by atoms with E-state index in [1.807, 2.05) is 61.2 Å². The molecule has 3 aliphatic rings. The molecular formula is C30H35ClN2O5. The lowest BCUT2D eigenvalue weighted by Gasteiger charge is -2.41. The topological polar surface area (TPSA) is 73.0 Å². The quantitative estimate of drug-likeness (QED) is 0.388. The van der Waals surface area contributed by atoms with Crippen molar-refractivity contribution in [3.05, 3.63) is 64.3 Å². The molecular weight excluding hydrogens is 504 g/mol. The summed E-state index contributed by atoms with van der Waals surface area (Å²) in [5.41, 5.74) is 4.01. The Morgan fingerprint density at radius 2 is 1.84 bits per heavy atom. The predicted octanol–water partition coefficient (Wildman–Crippen LogP) is 6.48. The second-order valence-corrected chi connectivity index (χ2v) is 12.2. The zero-order valence-corrected chi connectivity index (χ0v) is 23.0. The van der Waals surface area contributed by atoms with Gasteiger partial charge in [-0.25, -0.2) is 4.79 Å². The fourth-order valence-corrected chi connectivity index (χ4v) is 5.40. The van der Waals surface area contributed by atoms with E-state index in [1.54, 1.807) is 0 Å². The summed E-state index contributed by atoms with van der Waals surface area (Å²) < 4.78 is 23.6. The average molecular weight is 539 g/mol. The molecule has 6 rings (SSSR count). The summed E-state index contributed by atoms with van der Waals surface area (Å²) in [6.07, 6.45) is 2.75. The maximum Gasteiger partial charge on any atom is 0.410 e. The number of halogens is 1. The van der Waals surface area contributed by atoms with Gasteiger partial charge in [-0.2, -0.15) is 0 Å². The van der Waals surface area contributed by atoms with Crippen LogP contribution in [0.25, 0.3) is 10.9 Å². The van der Waals surface area contributed by atoms with Crippen LogP contribution in [0.5, 0.6) is 5.75 Å². The Labute approximate surface area is 228 Å². The van der Waals surface area contributed by atoms with Crippen molar-refractivity contribution < 1.29 is 23.7 Å². The third-order valence-corrected chi connectivity index (χ3v) is 8.02. The standard InChI is InChI=1S/C30H35ClN2O5/c1-29(2)37-17-30(3,18-38-29)16-36-22-9-6-20(7-10-22)27-26-23(24-14-21(31)8-11-25(24)32-26)12-13-33(27)28(34)35-15-19-4-5-19/h6-11,14,19,27,32H,4-5,12-13,15-18H2,1-3H3/t27-/m0/s1. The molecule has 2 aliphatic heterocycles. The number of nitrogens with zero attached hydrogens (tertiary/aromatic N) is 1. The van der Waals surface area contributed by atoms with Crippen LogP contribution in [0.4, 0.5) is 4.79 Å². The number of aromatic nitrogens is 1. The number of rotatable bonds is 6. The van der Waals surface area contributed by atoms with Gasteiger partial charge in [0.15, 0.2) is 5.79 Å². The van der Waals surface area contributed by atoms with Crippen LogP contribution in [0.1, 0.15) is 56.5 Å². The van der Waals surface area contributed by atoms with Gasteiger partial charge in [-0.05, 0) is 80.5 Å². The molecule has 1 aliphatic carbocycles. The summed E-state index contributed by atoms with van der Waals surface area (Å²) in [6.45, 7) is 8.66. The van der Waals surface area contributed by atoms with Gasteiger partial charge in [0.05, 0.1) is 26.4 Å². The first-order chi connectivity index (χ1) is 18.2. The normalized spacial score (nSPS) is 22.2. The van der Waals surface area contributed by atoms with Crippen molar-refractivity contribution in [1.82, 2.24) is 9.88 Å². The molecule has 202 valence electrons. The molecule has 1 saturated heterocycles. The number of hydrogen-bond donors (Lipinski definition) is 1. The molecule has 7 nitrogen and oxygen atoms in total. The fourth-order valence-electron chi connectivity index (χ4n) is 5.23. The molecule has 2 fully saturated rings. The predicted molar refractivity (Wildman–Crippen MR) is 146 cm³/mol. The number of carbonyl (C=O) groups excluding carboxylic acids is 1. The van der Waals surface area contributed by atoms with Crippen molar-refractivity contribution in [2.24, 2.45) is 11.3 Å². The lowest BCUT2D eigenvalue weighted by molar-refractivity contribution is -0.285. The summed E-state index contributed by atoms with van der Waals surface area (Å²) in [4.78, 5) is 18.7. The van der Waals surface area contributed by atoms with Crippen LogP contribution in [0.2, 0.25) is 5.02 Å². The molecule has 3 aromatic rings. The molecule has 2 aromatic carbocycles. The molecule has 0 spiro atoms. The number of benzene rings is 2. The fraction of sp³-hybridized carbons (Fsp3) is 0.500. The first-order valence-corrected chi connectivity index (χ1v) is 13.8. The Morgan fingerprint density at radius 1 is 1.11 bits per heavy atom. The number of amides is 1. The van der Waals surface area contributed by atoms with Gasteiger partial charge in [-0.15, -0.1) is 0 Å². The largest absolute Gasteiger partial charge is 0.493 e. The Morgan fingerprint density at radius 3 is 2.55 bits per heavy atom. The molecule has 0 unspecified atom stereocenters. The van der Waals surface area contributed by atoms with Crippen molar-refractivity contribution in [1.29, 1.82) is 0 Å². The Hall–Kier alpha value is -2.74. The molecule has 1 amide bonds. The van der Waals surface area contributed by atoms with E-state index >= 15 is 0 Å². The van der Waals surface area contributed by atoms with Crippen LogP contribution in [0, 0.1) is 11.3 Å². The van der Waals surface area contributed by atoms with E-state index in [-0.39, 0.29) is 17.6 Å². The number of nitrogens with one attached hydrogen (secondary N) is 1. The van der Waals surface area contributed by atoms with Crippen LogP contribution < -0.4 is 4.74 Å². The van der Waals surface area contributed by atoms with Gasteiger partial charge in [0.2, 0.25) is 0 Å². The maximum atomic E-state index is 13.2. The van der Waals surface area contributed by atoms with Gasteiger partial charge < -0.3 is 23.9 Å². The molecule has 8 heteroatoms. The van der Waals surface area contributed by atoms with Crippen LogP contribution in [0.15, 0.2) is 42.5 Å². The highest BCUT2D eigenvalue weighted by Gasteiger charge is 2.38. The summed E-state index contributed by atoms with van der Waals surface area (Å²) in [6, 6.07) is 13.6. The number of H-pyrrole nitrogens is 1. The molecule has 0 bridgehead atoms. The smallest absolute Gasteiger partial charge is 0.410 e. The van der Waals surface area contributed by atoms with Gasteiger partial charge in [0.25, 0.3) is 0 Å². The number of carbonyl (C=O) groups is 1. The van der Waals surface area contributed by atoms with Crippen LogP contribution in [-0.2, 0) is 20.6 Å². The van der Waals surface area contributed by atoms with Gasteiger partial charge >= 0.3 is 6.09 Å². The van der Waals surface area contributed by atoms with E-state index in [9.17, 15) is 4.79 Å². The van der Waals surface area contributed by atoms with E-state index in [0.717, 1.165) is 47.2 Å². The zero-order valence-electron chi connectivity index (χ0n) is 22.2. The highest BCUT2D eigenvalue weighted by molar-refractivity contribution is 6.31. The minimum atomic E-state index is -0.556. The first-order valence-electron chi connectivity index (χ1n) is 13.4. The third-order valence-electron chi connectivity index (χ3n) is 7.78. The van der Waals surface area contributed by atoms with Crippen molar-refractivity contribution in [2.45, 2.75) is 51.9 Å². The second-order valence-electron chi connectivity index (χ2n) is 11.7. The third kappa shape index (κ3) is 5.24. The first kappa shape index (κ1) is 25.5. The monoisotopic (exact) mass is 538 g/mol. The van der Waals surface area contributed by atoms with Gasteiger partial charge in [-0.3, -0.25) is 4.90 Å². The molecule has 1 saturated carbocycles. The van der Waals surface area contributed by atoms with Gasteiger partial charge in [0.1, 0.15) is 11.8 Å². The van der Waals surface area contributed by atoms with Crippen molar-refractivity contribution in [2.75, 3.05) is 33.0 Å². The summed E-state index contributed by atoms with van der Waals surface area (Å²) in [5, 5.41) is 1.81. The minimum Gasteiger partial charge on any atom is -0.493 e. The zero-order chi connectivity index (χ0) is 26.5. The van der Waals surface area contributed by atoms with E-state index in [1.165, 1.54) is 5.56 Å². The molecule has 1 N–H and O–H groups in total. The summed E-state index contributed by atoms with van der Waals surface area (Å²) >= 11 is 6.33. The van der Waals surface area contributed by atoms with Crippen LogP contribution >= 0.6 is 11.6 Å². The van der Waals surface area contributed by atoms with E-state index in [0.29, 0.717) is 43.9 Å². The number of aromatic amines is 1. The van der Waals surface area contributed by atoms with Gasteiger partial charge in [-0.1, -0.05) is 30.7 Å². The molecule has 3 heterocycles. The SMILES string of the molecule is CC1(COc2ccc([C@H]3c4[nH]c5ccc(Cl)cc5c4CCN3C(=O)OCC3CC3)cc2)COC(C)(C)OC1. The number of ether oxygens (including phenoxy) is 4. The van der Waals surface area contributed by atoms with Crippen LogP contribution in [0.3, 0.4) is 0 Å². The molecule has 0 radical (unpaired) electrons. The van der Waals surface area contributed by atoms with E-state index < -0.39 is 5.79 Å². The van der Waals surface area contributed by atoms with Crippen LogP contribution in [-0.4, -0.2) is 54.7 Å². The van der Waals surface area contributed by atoms with E-state index in [4.69, 9.17) is 30.5 Å². The molecule has 38 heavy (non-hydrogen) atoms. The van der Waals surface area contributed by atoms with E-state index in [2.05, 4.69) is 11.9 Å².